The van der Waals surface area contributed by atoms with Crippen molar-refractivity contribution in [3.05, 3.63) is 59.4 Å². The molecule has 0 aliphatic carbocycles. The third kappa shape index (κ3) is 4.14. The van der Waals surface area contributed by atoms with Crippen molar-refractivity contribution >= 4 is 15.8 Å². The number of methoxy groups -OCH3 is 1. The summed E-state index contributed by atoms with van der Waals surface area (Å²) in [6.07, 6.45) is 0. The Balaban J connectivity index is 2.12. The summed E-state index contributed by atoms with van der Waals surface area (Å²) in [5.41, 5.74) is 0.897. The van der Waals surface area contributed by atoms with Gasteiger partial charge in [-0.3, -0.25) is 4.79 Å². The molecule has 0 saturated carbocycles. The molecule has 0 aliphatic heterocycles. The molecule has 0 amide bonds. The summed E-state index contributed by atoms with van der Waals surface area (Å²) in [6, 6.07) is 9.82. The highest BCUT2D eigenvalue weighted by molar-refractivity contribution is 7.89. The molecule has 2 aromatic rings. The molecular formula is C16H16FNO4S. The van der Waals surface area contributed by atoms with E-state index in [1.165, 1.54) is 50.4 Å². The average molecular weight is 337 g/mol. The molecular weight excluding hydrogens is 321 g/mol. The Morgan fingerprint density at radius 3 is 2.35 bits per heavy atom. The van der Waals surface area contributed by atoms with Crippen molar-refractivity contribution in [1.82, 2.24) is 4.72 Å². The van der Waals surface area contributed by atoms with Crippen LogP contribution in [0, 0.1) is 5.82 Å². The predicted octanol–water partition coefficient (Wildman–Crippen LogP) is 2.52. The van der Waals surface area contributed by atoms with Gasteiger partial charge in [-0.05, 0) is 36.8 Å². The maximum Gasteiger partial charge on any atom is 0.240 e. The first-order valence-electron chi connectivity index (χ1n) is 6.76. The third-order valence-electron chi connectivity index (χ3n) is 3.25. The molecule has 23 heavy (non-hydrogen) atoms. The van der Waals surface area contributed by atoms with E-state index >= 15 is 0 Å². The Labute approximate surface area is 134 Å². The number of carbonyl (C=O) groups is 1. The van der Waals surface area contributed by atoms with Crippen molar-refractivity contribution in [2.75, 3.05) is 7.11 Å². The molecule has 0 saturated heterocycles. The van der Waals surface area contributed by atoms with Gasteiger partial charge < -0.3 is 4.74 Å². The predicted molar refractivity (Wildman–Crippen MR) is 83.4 cm³/mol. The summed E-state index contributed by atoms with van der Waals surface area (Å²) in [4.78, 5) is 11.2. The summed E-state index contributed by atoms with van der Waals surface area (Å²) < 4.78 is 45.1. The van der Waals surface area contributed by atoms with Crippen molar-refractivity contribution < 1.29 is 22.3 Å². The second kappa shape index (κ2) is 6.89. The largest absolute Gasteiger partial charge is 0.494 e. The Bertz CT molecular complexity index is 816. The van der Waals surface area contributed by atoms with E-state index in [-0.39, 0.29) is 23.0 Å². The summed E-state index contributed by atoms with van der Waals surface area (Å²) in [5, 5.41) is 0. The van der Waals surface area contributed by atoms with Gasteiger partial charge >= 0.3 is 0 Å². The van der Waals surface area contributed by atoms with E-state index in [2.05, 4.69) is 4.72 Å². The van der Waals surface area contributed by atoms with Crippen LogP contribution in [-0.4, -0.2) is 21.3 Å². The van der Waals surface area contributed by atoms with E-state index in [0.717, 1.165) is 0 Å². The molecule has 0 atom stereocenters. The molecule has 7 heteroatoms. The molecule has 0 bridgehead atoms. The highest BCUT2D eigenvalue weighted by atomic mass is 32.2. The molecule has 5 nitrogen and oxygen atoms in total. The number of Topliss-reactive ketones (excluding diaryl/α,β-unsaturated/α-hetero) is 1. The van der Waals surface area contributed by atoms with Crippen LogP contribution in [-0.2, 0) is 16.6 Å². The maximum atomic E-state index is 13.6. The first-order chi connectivity index (χ1) is 10.8. The van der Waals surface area contributed by atoms with Crippen LogP contribution >= 0.6 is 0 Å². The minimum Gasteiger partial charge on any atom is -0.494 e. The smallest absolute Gasteiger partial charge is 0.240 e. The van der Waals surface area contributed by atoms with Crippen LogP contribution in [0.25, 0.3) is 0 Å². The van der Waals surface area contributed by atoms with E-state index in [4.69, 9.17) is 4.74 Å². The lowest BCUT2D eigenvalue weighted by Gasteiger charge is -2.08. The van der Waals surface area contributed by atoms with Crippen LogP contribution in [0.5, 0.6) is 5.75 Å². The van der Waals surface area contributed by atoms with Crippen molar-refractivity contribution in [3.63, 3.8) is 0 Å². The Morgan fingerprint density at radius 2 is 1.83 bits per heavy atom. The second-order valence-electron chi connectivity index (χ2n) is 4.87. The van der Waals surface area contributed by atoms with Crippen LogP contribution in [0.3, 0.4) is 0 Å². The number of halogens is 1. The standard InChI is InChI=1S/C16H16FNO4S/c1-11(19)13-4-6-14(7-5-13)23(20,21)18-10-12-3-8-16(22-2)15(17)9-12/h3-9,18H,10H2,1-2H3. The van der Waals surface area contributed by atoms with Gasteiger partial charge in [0.15, 0.2) is 17.3 Å². The highest BCUT2D eigenvalue weighted by Crippen LogP contribution is 2.18. The molecule has 1 N–H and O–H groups in total. The maximum absolute atomic E-state index is 13.6. The van der Waals surface area contributed by atoms with Crippen LogP contribution < -0.4 is 9.46 Å². The van der Waals surface area contributed by atoms with Gasteiger partial charge in [-0.15, -0.1) is 0 Å². The monoisotopic (exact) mass is 337 g/mol. The van der Waals surface area contributed by atoms with Crippen molar-refractivity contribution in [2.24, 2.45) is 0 Å². The number of carbonyl (C=O) groups excluding carboxylic acids is 1. The van der Waals surface area contributed by atoms with Crippen LogP contribution in [0.2, 0.25) is 0 Å². The van der Waals surface area contributed by atoms with Crippen molar-refractivity contribution in [3.8, 4) is 5.75 Å². The number of hydrogen-bond donors (Lipinski definition) is 1. The van der Waals surface area contributed by atoms with Gasteiger partial charge in [-0.2, -0.15) is 0 Å². The summed E-state index contributed by atoms with van der Waals surface area (Å²) in [5.74, 6) is -0.609. The Morgan fingerprint density at radius 1 is 1.17 bits per heavy atom. The van der Waals surface area contributed by atoms with Gasteiger partial charge in [0.1, 0.15) is 0 Å². The SMILES string of the molecule is COc1ccc(CNS(=O)(=O)c2ccc(C(C)=O)cc2)cc1F. The fourth-order valence-corrected chi connectivity index (χ4v) is 2.97. The van der Waals surface area contributed by atoms with Gasteiger partial charge in [0.2, 0.25) is 10.0 Å². The van der Waals surface area contributed by atoms with E-state index < -0.39 is 15.8 Å². The molecule has 0 aromatic heterocycles. The first-order valence-corrected chi connectivity index (χ1v) is 8.25. The number of nitrogens with one attached hydrogen (secondary N) is 1. The number of ether oxygens (including phenoxy) is 1. The van der Waals surface area contributed by atoms with Crippen molar-refractivity contribution in [2.45, 2.75) is 18.4 Å². The lowest BCUT2D eigenvalue weighted by molar-refractivity contribution is 0.101. The molecule has 2 rings (SSSR count). The van der Waals surface area contributed by atoms with Gasteiger partial charge in [0, 0.05) is 12.1 Å². The van der Waals surface area contributed by atoms with E-state index in [1.807, 2.05) is 0 Å². The quantitative estimate of drug-likeness (QED) is 0.822. The first kappa shape index (κ1) is 17.1. The van der Waals surface area contributed by atoms with Gasteiger partial charge in [-0.1, -0.05) is 18.2 Å². The zero-order chi connectivity index (χ0) is 17.0. The molecule has 0 unspecified atom stereocenters. The van der Waals surface area contributed by atoms with Crippen molar-refractivity contribution in [1.29, 1.82) is 0 Å². The molecule has 0 spiro atoms. The van der Waals surface area contributed by atoms with Crippen LogP contribution in [0.15, 0.2) is 47.4 Å². The minimum atomic E-state index is -3.74. The molecule has 0 radical (unpaired) electrons. The van der Waals surface area contributed by atoms with E-state index in [0.29, 0.717) is 11.1 Å². The van der Waals surface area contributed by atoms with Crippen LogP contribution in [0.1, 0.15) is 22.8 Å². The molecule has 0 fully saturated rings. The fourth-order valence-electron chi connectivity index (χ4n) is 1.95. The number of rotatable bonds is 6. The highest BCUT2D eigenvalue weighted by Gasteiger charge is 2.14. The summed E-state index contributed by atoms with van der Waals surface area (Å²) >= 11 is 0. The van der Waals surface area contributed by atoms with E-state index in [9.17, 15) is 17.6 Å². The summed E-state index contributed by atoms with van der Waals surface area (Å²) in [6.45, 7) is 1.34. The lowest BCUT2D eigenvalue weighted by atomic mass is 10.2. The number of ketones is 1. The lowest BCUT2D eigenvalue weighted by Crippen LogP contribution is -2.23. The molecule has 0 aliphatic rings. The molecule has 122 valence electrons. The Kier molecular flexibility index (Phi) is 5.12. The number of hydrogen-bond acceptors (Lipinski definition) is 4. The molecule has 0 heterocycles. The fraction of sp³-hybridized carbons (Fsp3) is 0.188. The van der Waals surface area contributed by atoms with Gasteiger partial charge in [0.05, 0.1) is 12.0 Å². The number of sulfonamides is 1. The van der Waals surface area contributed by atoms with E-state index in [1.54, 1.807) is 6.07 Å². The Hall–Kier alpha value is -2.25. The van der Waals surface area contributed by atoms with Crippen LogP contribution in [0.4, 0.5) is 4.39 Å². The average Bonchev–Trinajstić information content (AvgIpc) is 2.53. The topological polar surface area (TPSA) is 72.5 Å². The summed E-state index contributed by atoms with van der Waals surface area (Å²) in [7, 11) is -2.39. The van der Waals surface area contributed by atoms with Gasteiger partial charge in [-0.25, -0.2) is 17.5 Å². The van der Waals surface area contributed by atoms with Gasteiger partial charge in [0.25, 0.3) is 0 Å². The minimum absolute atomic E-state index is 0.0384. The second-order valence-corrected chi connectivity index (χ2v) is 6.64. The zero-order valence-corrected chi connectivity index (χ0v) is 13.5. The molecule has 2 aromatic carbocycles. The normalized spacial score (nSPS) is 11.3. The third-order valence-corrected chi connectivity index (χ3v) is 4.67. The zero-order valence-electron chi connectivity index (χ0n) is 12.7. The number of benzene rings is 2.